The summed E-state index contributed by atoms with van der Waals surface area (Å²) in [5, 5.41) is 11.8. The Kier molecular flexibility index (Phi) is 13.1. The normalized spacial score (nSPS) is 24.1. The Morgan fingerprint density at radius 3 is 2.59 bits per heavy atom. The van der Waals surface area contributed by atoms with Crippen LogP contribution in [0.15, 0.2) is 23.1 Å². The van der Waals surface area contributed by atoms with Crippen molar-refractivity contribution in [2.45, 2.75) is 107 Å². The highest BCUT2D eigenvalue weighted by atomic mass is 33.1. The number of ether oxygens (including phenoxy) is 5. The minimum Gasteiger partial charge on any atom is -0.466 e. The van der Waals surface area contributed by atoms with Gasteiger partial charge < -0.3 is 28.8 Å². The van der Waals surface area contributed by atoms with E-state index in [-0.39, 0.29) is 34.7 Å². The van der Waals surface area contributed by atoms with Gasteiger partial charge in [-0.15, -0.1) is 0 Å². The second-order valence-corrected chi connectivity index (χ2v) is 15.9. The van der Waals surface area contributed by atoms with Gasteiger partial charge >= 0.3 is 10.1 Å². The Balaban J connectivity index is 1.53. The molecule has 9 nitrogen and oxygen atoms in total. The van der Waals surface area contributed by atoms with Gasteiger partial charge in [0, 0.05) is 19.3 Å². The van der Waals surface area contributed by atoms with Crippen LogP contribution in [0.25, 0.3) is 0 Å². The van der Waals surface area contributed by atoms with Crippen molar-refractivity contribution in [1.82, 2.24) is 0 Å². The molecule has 12 heteroatoms. The molecule has 4 unspecified atom stereocenters. The predicted molar refractivity (Wildman–Crippen MR) is 163 cm³/mol. The Morgan fingerprint density at radius 1 is 1.20 bits per heavy atom. The third-order valence-electron chi connectivity index (χ3n) is 7.98. The molecular weight excluding hydrogens is 589 g/mol. The highest BCUT2D eigenvalue weighted by Gasteiger charge is 2.49. The van der Waals surface area contributed by atoms with Crippen LogP contribution >= 0.6 is 21.6 Å². The van der Waals surface area contributed by atoms with Gasteiger partial charge in [-0.1, -0.05) is 41.0 Å². The number of methoxy groups -OCH3 is 1. The molecule has 2 saturated heterocycles. The van der Waals surface area contributed by atoms with Gasteiger partial charge in [-0.3, -0.25) is 4.18 Å². The van der Waals surface area contributed by atoms with Crippen molar-refractivity contribution in [3.63, 3.8) is 0 Å². The van der Waals surface area contributed by atoms with Crippen LogP contribution in [0.4, 0.5) is 0 Å². The van der Waals surface area contributed by atoms with E-state index in [1.165, 1.54) is 13.2 Å². The first-order chi connectivity index (χ1) is 19.3. The van der Waals surface area contributed by atoms with E-state index >= 15 is 0 Å². The molecule has 236 valence electrons. The molecular formula is C29H48O9S3. The second kappa shape index (κ2) is 15.4. The fourth-order valence-corrected chi connectivity index (χ4v) is 9.83. The summed E-state index contributed by atoms with van der Waals surface area (Å²) in [5.41, 5.74) is -0.0349. The Morgan fingerprint density at radius 2 is 1.93 bits per heavy atom. The van der Waals surface area contributed by atoms with E-state index in [9.17, 15) is 13.5 Å². The number of aliphatic hydroxyl groups is 1. The minimum atomic E-state index is -4.05. The van der Waals surface area contributed by atoms with E-state index in [0.29, 0.717) is 19.6 Å². The summed E-state index contributed by atoms with van der Waals surface area (Å²) < 4.78 is 59.0. The van der Waals surface area contributed by atoms with Crippen molar-refractivity contribution in [3.05, 3.63) is 23.8 Å². The van der Waals surface area contributed by atoms with E-state index < -0.39 is 27.8 Å². The lowest BCUT2D eigenvalue weighted by Crippen LogP contribution is -2.51. The molecule has 0 aliphatic carbocycles. The Bertz CT molecular complexity index is 1050. The molecule has 1 aromatic carbocycles. The Labute approximate surface area is 254 Å². The van der Waals surface area contributed by atoms with Crippen molar-refractivity contribution >= 4 is 31.7 Å². The molecule has 2 aliphatic heterocycles. The Hall–Kier alpha value is -0.570. The minimum absolute atomic E-state index is 0.0233. The van der Waals surface area contributed by atoms with Crippen LogP contribution in [0, 0.1) is 12.8 Å². The smallest absolute Gasteiger partial charge is 0.300 e. The van der Waals surface area contributed by atoms with E-state index in [1.54, 1.807) is 29.9 Å². The number of rotatable bonds is 17. The summed E-state index contributed by atoms with van der Waals surface area (Å²) in [6.07, 6.45) is 5.17. The molecule has 0 amide bonds. The van der Waals surface area contributed by atoms with Gasteiger partial charge in [0.05, 0.1) is 30.2 Å². The molecule has 0 saturated carbocycles. The second-order valence-electron chi connectivity index (χ2n) is 11.5. The van der Waals surface area contributed by atoms with Crippen LogP contribution in [0.2, 0.25) is 0 Å². The quantitative estimate of drug-likeness (QED) is 0.122. The van der Waals surface area contributed by atoms with Crippen molar-refractivity contribution in [3.8, 4) is 5.75 Å². The van der Waals surface area contributed by atoms with Gasteiger partial charge in [0.15, 0.2) is 18.9 Å². The summed E-state index contributed by atoms with van der Waals surface area (Å²) in [7, 11) is 1.10. The summed E-state index contributed by atoms with van der Waals surface area (Å²) in [6.45, 7) is 10.6. The lowest BCUT2D eigenvalue weighted by molar-refractivity contribution is -0.151. The van der Waals surface area contributed by atoms with E-state index in [0.717, 1.165) is 49.8 Å². The van der Waals surface area contributed by atoms with Crippen molar-refractivity contribution in [1.29, 1.82) is 0 Å². The molecule has 1 N–H and O–H groups in total. The van der Waals surface area contributed by atoms with Crippen molar-refractivity contribution in [2.75, 3.05) is 39.5 Å². The summed E-state index contributed by atoms with van der Waals surface area (Å²) in [5.74, 6) is 0.654. The van der Waals surface area contributed by atoms with E-state index in [1.807, 2.05) is 38.5 Å². The number of hydrogen-bond donors (Lipinski definition) is 1. The molecule has 41 heavy (non-hydrogen) atoms. The summed E-state index contributed by atoms with van der Waals surface area (Å²) in [6, 6.07) is 4.84. The molecule has 1 aromatic rings. The van der Waals surface area contributed by atoms with Crippen molar-refractivity contribution < 1.29 is 41.4 Å². The SMILES string of the molecule is COC(C)OCOc1cc(C)ccc1S(=O)(=O)OCC(C)CCCC(C)(O)C1(CCC2(C)OCCO2)CCCSS1. The summed E-state index contributed by atoms with van der Waals surface area (Å²) >= 11 is 0. The van der Waals surface area contributed by atoms with Crippen LogP contribution < -0.4 is 4.74 Å². The van der Waals surface area contributed by atoms with Crippen LogP contribution in [0.5, 0.6) is 5.75 Å². The highest BCUT2D eigenvalue weighted by Crippen LogP contribution is 2.55. The maximum atomic E-state index is 13.1. The van der Waals surface area contributed by atoms with Gasteiger partial charge in [0.25, 0.3) is 0 Å². The first kappa shape index (κ1) is 34.9. The molecule has 0 spiro atoms. The average molecular weight is 637 g/mol. The summed E-state index contributed by atoms with van der Waals surface area (Å²) in [4.78, 5) is -0.0374. The molecule has 0 bridgehead atoms. The molecule has 3 rings (SSSR count). The zero-order valence-corrected chi connectivity index (χ0v) is 27.8. The third kappa shape index (κ3) is 9.97. The first-order valence-corrected chi connectivity index (χ1v) is 18.1. The third-order valence-corrected chi connectivity index (χ3v) is 12.8. The monoisotopic (exact) mass is 636 g/mol. The maximum absolute atomic E-state index is 13.1. The number of hydrogen-bond acceptors (Lipinski definition) is 11. The lowest BCUT2D eigenvalue weighted by Gasteiger charge is -2.48. The van der Waals surface area contributed by atoms with Crippen molar-refractivity contribution in [2.24, 2.45) is 5.92 Å². The zero-order chi connectivity index (χ0) is 30.2. The molecule has 2 aliphatic rings. The number of aryl methyl sites for hydroxylation is 1. The van der Waals surface area contributed by atoms with Gasteiger partial charge in [-0.25, -0.2) is 0 Å². The predicted octanol–water partition coefficient (Wildman–Crippen LogP) is 6.06. The van der Waals surface area contributed by atoms with Crippen LogP contribution in [0.1, 0.15) is 78.2 Å². The first-order valence-electron chi connectivity index (χ1n) is 14.4. The zero-order valence-electron chi connectivity index (χ0n) is 25.3. The topological polar surface area (TPSA) is 110 Å². The molecule has 0 radical (unpaired) electrons. The standard InChI is InChI=1S/C29H48O9S3/c1-22-10-11-26(25(19-22)35-21-34-24(3)33-6)41(31,32)38-20-23(2)9-7-12-27(4,30)29(13-8-18-39-40-29)15-14-28(5)36-16-17-37-28/h10-11,19,23-24,30H,7-9,12-18,20-21H2,1-6H3. The average Bonchev–Trinajstić information content (AvgIpc) is 3.37. The fraction of sp³-hybridized carbons (Fsp3) is 0.793. The highest BCUT2D eigenvalue weighted by molar-refractivity contribution is 8.77. The van der Waals surface area contributed by atoms with Gasteiger partial charge in [-0.2, -0.15) is 8.42 Å². The largest absolute Gasteiger partial charge is 0.466 e. The molecule has 0 aromatic heterocycles. The maximum Gasteiger partial charge on any atom is 0.300 e. The van der Waals surface area contributed by atoms with Gasteiger partial charge in [-0.05, 0) is 83.4 Å². The number of benzene rings is 1. The fourth-order valence-electron chi connectivity index (χ4n) is 5.11. The van der Waals surface area contributed by atoms with Gasteiger partial charge in [0.1, 0.15) is 10.6 Å². The van der Waals surface area contributed by atoms with Crippen LogP contribution in [-0.4, -0.2) is 75.4 Å². The van der Waals surface area contributed by atoms with E-state index in [2.05, 4.69) is 0 Å². The molecule has 2 heterocycles. The molecule has 2 fully saturated rings. The molecule has 4 atom stereocenters. The van der Waals surface area contributed by atoms with E-state index in [4.69, 9.17) is 27.9 Å². The van der Waals surface area contributed by atoms with Crippen LogP contribution in [-0.2, 0) is 33.2 Å². The lowest BCUT2D eigenvalue weighted by atomic mass is 9.77. The van der Waals surface area contributed by atoms with Crippen LogP contribution in [0.3, 0.4) is 0 Å². The van der Waals surface area contributed by atoms with Gasteiger partial charge in [0.2, 0.25) is 0 Å².